The number of hydrogen-bond acceptors (Lipinski definition) is 5. The number of rotatable bonds is 18. The highest BCUT2D eigenvalue weighted by Crippen LogP contribution is 2.17. The molecule has 0 spiro atoms. The van der Waals surface area contributed by atoms with Gasteiger partial charge in [0.15, 0.2) is 0 Å². The van der Waals surface area contributed by atoms with E-state index < -0.39 is 0 Å². The van der Waals surface area contributed by atoms with Crippen molar-refractivity contribution >= 4 is 23.5 Å². The number of unbranched alkanes of at least 4 members (excludes halogenated alkanes) is 9. The van der Waals surface area contributed by atoms with E-state index >= 15 is 0 Å². The largest absolute Gasteiger partial charge is 0.220 e. The second-order valence-electron chi connectivity index (χ2n) is 6.68. The third-order valence-electron chi connectivity index (χ3n) is 4.28. The van der Waals surface area contributed by atoms with E-state index in [0.717, 1.165) is 17.5 Å². The van der Waals surface area contributed by atoms with Gasteiger partial charge >= 0.3 is 0 Å². The average molecular weight is 387 g/mol. The maximum Gasteiger partial charge on any atom is 0.209 e. The highest BCUT2D eigenvalue weighted by Gasteiger charge is 2.05. The second-order valence-corrected chi connectivity index (χ2v) is 8.97. The first kappa shape index (κ1) is 22.8. The van der Waals surface area contributed by atoms with Gasteiger partial charge in [0, 0.05) is 12.3 Å². The van der Waals surface area contributed by atoms with Crippen molar-refractivity contribution in [3.63, 3.8) is 0 Å². The van der Waals surface area contributed by atoms with Gasteiger partial charge in [-0.25, -0.2) is 4.68 Å². The molecular formula is C19H38N4S2. The van der Waals surface area contributed by atoms with Crippen LogP contribution in [-0.4, -0.2) is 37.5 Å². The smallest absolute Gasteiger partial charge is 0.209 e. The van der Waals surface area contributed by atoms with Gasteiger partial charge in [0.05, 0.1) is 0 Å². The van der Waals surface area contributed by atoms with E-state index in [1.165, 1.54) is 88.6 Å². The van der Waals surface area contributed by atoms with Crippen LogP contribution in [0.5, 0.6) is 0 Å². The molecule has 1 rings (SSSR count). The van der Waals surface area contributed by atoms with Gasteiger partial charge in [-0.05, 0) is 47.6 Å². The fraction of sp³-hybridized carbons (Fsp3) is 0.947. The lowest BCUT2D eigenvalue weighted by atomic mass is 10.1. The third kappa shape index (κ3) is 12.7. The minimum Gasteiger partial charge on any atom is -0.220 e. The molecule has 0 unspecified atom stereocenters. The van der Waals surface area contributed by atoms with Crippen LogP contribution in [0.4, 0.5) is 0 Å². The molecule has 6 heteroatoms. The summed E-state index contributed by atoms with van der Waals surface area (Å²) in [6, 6.07) is 0. The van der Waals surface area contributed by atoms with Crippen molar-refractivity contribution in [1.29, 1.82) is 0 Å². The summed E-state index contributed by atoms with van der Waals surface area (Å²) in [5.74, 6) is 3.84. The Balaban J connectivity index is 1.92. The summed E-state index contributed by atoms with van der Waals surface area (Å²) in [6.07, 6.45) is 16.0. The monoisotopic (exact) mass is 386 g/mol. The number of hydrogen-bond donors (Lipinski definition) is 0. The maximum atomic E-state index is 4.15. The molecular weight excluding hydrogens is 348 g/mol. The van der Waals surface area contributed by atoms with Gasteiger partial charge in [0.1, 0.15) is 0 Å². The summed E-state index contributed by atoms with van der Waals surface area (Å²) in [4.78, 5) is 0. The van der Waals surface area contributed by atoms with Crippen LogP contribution in [0.2, 0.25) is 0 Å². The van der Waals surface area contributed by atoms with E-state index in [2.05, 4.69) is 41.1 Å². The first-order valence-corrected chi connectivity index (χ1v) is 12.5. The van der Waals surface area contributed by atoms with Crippen molar-refractivity contribution in [2.24, 2.45) is 0 Å². The summed E-state index contributed by atoms with van der Waals surface area (Å²) in [5.41, 5.74) is 0. The van der Waals surface area contributed by atoms with Gasteiger partial charge in [0.25, 0.3) is 0 Å². The molecule has 0 radical (unpaired) electrons. The third-order valence-corrected chi connectivity index (χ3v) is 6.48. The SMILES string of the molecule is CCCCCSCCCCCCCCn1nnnc1SCCCCC. The van der Waals surface area contributed by atoms with E-state index in [0.29, 0.717) is 0 Å². The number of thioether (sulfide) groups is 2. The zero-order chi connectivity index (χ0) is 18.0. The normalized spacial score (nSPS) is 11.3. The summed E-state index contributed by atoms with van der Waals surface area (Å²) >= 11 is 3.95. The molecule has 0 aliphatic rings. The predicted octanol–water partition coefficient (Wildman–Crippen LogP) is 6.22. The van der Waals surface area contributed by atoms with E-state index in [4.69, 9.17) is 0 Å². The molecule has 0 atom stereocenters. The van der Waals surface area contributed by atoms with Crippen LogP contribution in [0.25, 0.3) is 0 Å². The Kier molecular flexibility index (Phi) is 15.7. The van der Waals surface area contributed by atoms with E-state index in [1.807, 2.05) is 4.68 Å². The zero-order valence-corrected chi connectivity index (χ0v) is 18.1. The van der Waals surface area contributed by atoms with Gasteiger partial charge in [0.2, 0.25) is 5.16 Å². The molecule has 0 bridgehead atoms. The quantitative estimate of drug-likeness (QED) is 0.221. The lowest BCUT2D eigenvalue weighted by Gasteiger charge is -2.05. The van der Waals surface area contributed by atoms with Crippen molar-refractivity contribution in [2.45, 2.75) is 103 Å². The molecule has 146 valence electrons. The molecule has 0 N–H and O–H groups in total. The fourth-order valence-electron chi connectivity index (χ4n) is 2.68. The Labute approximate surface area is 163 Å². The highest BCUT2D eigenvalue weighted by molar-refractivity contribution is 7.99. The van der Waals surface area contributed by atoms with Crippen LogP contribution >= 0.6 is 23.5 Å². The Morgan fingerprint density at radius 3 is 2.04 bits per heavy atom. The van der Waals surface area contributed by atoms with Crippen molar-refractivity contribution in [3.8, 4) is 0 Å². The number of aryl methyl sites for hydroxylation is 1. The van der Waals surface area contributed by atoms with Gasteiger partial charge in [-0.2, -0.15) is 11.8 Å². The molecule has 0 fully saturated rings. The molecule has 25 heavy (non-hydrogen) atoms. The standard InChI is InChI=1S/C19H38N4S2/c1-3-5-12-16-24-17-14-10-8-7-9-11-15-23-19(20-21-22-23)25-18-13-6-4-2/h3-18H2,1-2H3. The summed E-state index contributed by atoms with van der Waals surface area (Å²) in [6.45, 7) is 5.48. The Morgan fingerprint density at radius 2 is 1.32 bits per heavy atom. The van der Waals surface area contributed by atoms with Crippen LogP contribution in [0, 0.1) is 0 Å². The molecule has 1 heterocycles. The first-order valence-electron chi connectivity index (χ1n) is 10.3. The van der Waals surface area contributed by atoms with Crippen molar-refractivity contribution in [1.82, 2.24) is 20.2 Å². The summed E-state index contributed by atoms with van der Waals surface area (Å²) in [5, 5.41) is 13.1. The molecule has 0 aliphatic heterocycles. The second kappa shape index (κ2) is 17.2. The van der Waals surface area contributed by atoms with E-state index in [-0.39, 0.29) is 0 Å². The van der Waals surface area contributed by atoms with Gasteiger partial charge in [-0.15, -0.1) is 5.10 Å². The van der Waals surface area contributed by atoms with Gasteiger partial charge < -0.3 is 0 Å². The highest BCUT2D eigenvalue weighted by atomic mass is 32.2. The molecule has 0 saturated heterocycles. The van der Waals surface area contributed by atoms with E-state index in [9.17, 15) is 0 Å². The summed E-state index contributed by atoms with van der Waals surface area (Å²) in [7, 11) is 0. The van der Waals surface area contributed by atoms with Crippen molar-refractivity contribution < 1.29 is 0 Å². The van der Waals surface area contributed by atoms with Crippen LogP contribution in [0.15, 0.2) is 5.16 Å². The molecule has 0 amide bonds. The zero-order valence-electron chi connectivity index (χ0n) is 16.4. The number of aromatic nitrogens is 4. The fourth-order valence-corrected chi connectivity index (χ4v) is 4.61. The molecule has 4 nitrogen and oxygen atoms in total. The topological polar surface area (TPSA) is 43.6 Å². The first-order chi connectivity index (χ1) is 12.4. The lowest BCUT2D eigenvalue weighted by Crippen LogP contribution is -2.03. The molecule has 0 aromatic carbocycles. The number of tetrazole rings is 1. The van der Waals surface area contributed by atoms with Gasteiger partial charge in [-0.3, -0.25) is 0 Å². The number of nitrogens with zero attached hydrogens (tertiary/aromatic N) is 4. The van der Waals surface area contributed by atoms with Crippen molar-refractivity contribution in [2.75, 3.05) is 17.3 Å². The molecule has 0 saturated carbocycles. The maximum absolute atomic E-state index is 4.15. The van der Waals surface area contributed by atoms with Crippen LogP contribution in [-0.2, 0) is 6.54 Å². The lowest BCUT2D eigenvalue weighted by molar-refractivity contribution is 0.491. The van der Waals surface area contributed by atoms with Crippen molar-refractivity contribution in [3.05, 3.63) is 0 Å². The Hall–Kier alpha value is -0.230. The van der Waals surface area contributed by atoms with Crippen LogP contribution < -0.4 is 0 Å². The Bertz CT molecular complexity index is 399. The van der Waals surface area contributed by atoms with Gasteiger partial charge in [-0.1, -0.05) is 77.0 Å². The van der Waals surface area contributed by atoms with Crippen LogP contribution in [0.3, 0.4) is 0 Å². The summed E-state index contributed by atoms with van der Waals surface area (Å²) < 4.78 is 1.99. The molecule has 0 aliphatic carbocycles. The van der Waals surface area contributed by atoms with E-state index in [1.54, 1.807) is 11.8 Å². The minimum atomic E-state index is 0.969. The predicted molar refractivity (Wildman–Crippen MR) is 113 cm³/mol. The van der Waals surface area contributed by atoms with Crippen LogP contribution in [0.1, 0.15) is 90.9 Å². The molecule has 1 aromatic rings. The average Bonchev–Trinajstić information content (AvgIpc) is 3.07. The minimum absolute atomic E-state index is 0.969. The molecule has 1 aromatic heterocycles. The Morgan fingerprint density at radius 1 is 0.720 bits per heavy atom.